The molecule has 2 fully saturated rings. The average molecular weight is 525 g/mol. The normalized spacial score (nSPS) is 20.4. The van der Waals surface area contributed by atoms with Gasteiger partial charge in [0.2, 0.25) is 0 Å². The number of nitrogens with zero attached hydrogens (tertiary/aromatic N) is 2. The first-order valence-corrected chi connectivity index (χ1v) is 13.9. The Morgan fingerprint density at radius 2 is 1.95 bits per heavy atom. The number of piperidine rings is 2. The maximum atomic E-state index is 12.7. The Hall–Kier alpha value is -2.38. The first-order chi connectivity index (χ1) is 18.0. The molecule has 2 aromatic carbocycles. The number of ether oxygens (including phenoxy) is 1. The van der Waals surface area contributed by atoms with Gasteiger partial charge in [-0.05, 0) is 68.3 Å². The largest absolute Gasteiger partial charge is 0.506 e. The molecule has 37 heavy (non-hydrogen) atoms. The summed E-state index contributed by atoms with van der Waals surface area (Å²) in [4.78, 5) is 17.8. The van der Waals surface area contributed by atoms with Crippen molar-refractivity contribution in [1.29, 1.82) is 0 Å². The van der Waals surface area contributed by atoms with Gasteiger partial charge in [-0.3, -0.25) is 4.90 Å². The van der Waals surface area contributed by atoms with Crippen LogP contribution in [0.2, 0.25) is 5.02 Å². The molecule has 0 amide bonds. The van der Waals surface area contributed by atoms with Gasteiger partial charge in [-0.25, -0.2) is 4.79 Å². The topological polar surface area (TPSA) is 66.2 Å². The molecule has 0 unspecified atom stereocenters. The van der Waals surface area contributed by atoms with E-state index in [1.54, 1.807) is 13.2 Å². The predicted molar refractivity (Wildman–Crippen MR) is 148 cm³/mol. The van der Waals surface area contributed by atoms with Gasteiger partial charge in [-0.1, -0.05) is 48.4 Å². The van der Waals surface area contributed by atoms with Gasteiger partial charge in [0.1, 0.15) is 11.3 Å². The quantitative estimate of drug-likeness (QED) is 0.277. The van der Waals surface area contributed by atoms with Gasteiger partial charge in [0, 0.05) is 50.8 Å². The number of aromatic hydroxyl groups is 1. The lowest BCUT2D eigenvalue weighted by molar-refractivity contribution is 0.0372. The Balaban J connectivity index is 1.51. The highest BCUT2D eigenvalue weighted by atomic mass is 35.5. The molecule has 2 aliphatic heterocycles. The van der Waals surface area contributed by atoms with Crippen LogP contribution in [0.5, 0.6) is 5.75 Å². The van der Waals surface area contributed by atoms with Crippen LogP contribution in [0.4, 0.5) is 0 Å². The van der Waals surface area contributed by atoms with Crippen molar-refractivity contribution >= 4 is 22.6 Å². The summed E-state index contributed by atoms with van der Waals surface area (Å²) in [7, 11) is 1.72. The Morgan fingerprint density at radius 1 is 1.14 bits per heavy atom. The smallest absolute Gasteiger partial charge is 0.336 e. The highest BCUT2D eigenvalue weighted by molar-refractivity contribution is 6.33. The standard InChI is InChI=1S/C30H37ClN2O4/c1-36-16-8-13-32(19-22-11-7-15-33-14-6-5-12-27(22)33)20-25-29(35)26(31)17-24-23(18-28(34)37-30(24)25)21-9-3-2-4-10-21/h2-4,9-10,17-18,22,27,35H,5-8,11-16,19-20H2,1H3/t22-,27+/m0/s1. The van der Waals surface area contributed by atoms with Crippen molar-refractivity contribution in [1.82, 2.24) is 9.80 Å². The van der Waals surface area contributed by atoms with E-state index < -0.39 is 5.63 Å². The molecular weight excluding hydrogens is 488 g/mol. The summed E-state index contributed by atoms with van der Waals surface area (Å²) in [6.07, 6.45) is 7.19. The lowest BCUT2D eigenvalue weighted by Gasteiger charge is -2.45. The zero-order valence-electron chi connectivity index (χ0n) is 21.6. The third-order valence-corrected chi connectivity index (χ3v) is 8.36. The highest BCUT2D eigenvalue weighted by Crippen LogP contribution is 2.39. The minimum atomic E-state index is -0.439. The van der Waals surface area contributed by atoms with Gasteiger partial charge in [-0.15, -0.1) is 0 Å². The van der Waals surface area contributed by atoms with E-state index in [9.17, 15) is 9.90 Å². The van der Waals surface area contributed by atoms with Gasteiger partial charge >= 0.3 is 5.63 Å². The second-order valence-corrected chi connectivity index (χ2v) is 10.9. The summed E-state index contributed by atoms with van der Waals surface area (Å²) >= 11 is 6.57. The fourth-order valence-electron chi connectivity index (χ4n) is 6.33. The lowest BCUT2D eigenvalue weighted by Crippen LogP contribution is -2.51. The van der Waals surface area contributed by atoms with E-state index in [0.717, 1.165) is 36.0 Å². The van der Waals surface area contributed by atoms with E-state index >= 15 is 0 Å². The summed E-state index contributed by atoms with van der Waals surface area (Å²) in [6.45, 7) is 5.30. The first kappa shape index (κ1) is 26.2. The van der Waals surface area contributed by atoms with E-state index in [0.29, 0.717) is 36.3 Å². The second kappa shape index (κ2) is 12.0. The summed E-state index contributed by atoms with van der Waals surface area (Å²) in [5.74, 6) is 0.568. The molecule has 0 aliphatic carbocycles. The molecule has 3 aromatic rings. The van der Waals surface area contributed by atoms with Gasteiger partial charge in [0.15, 0.2) is 0 Å². The van der Waals surface area contributed by atoms with Crippen molar-refractivity contribution in [3.05, 3.63) is 63.5 Å². The van der Waals surface area contributed by atoms with Crippen LogP contribution in [-0.4, -0.2) is 60.8 Å². The van der Waals surface area contributed by atoms with Crippen molar-refractivity contribution in [2.24, 2.45) is 5.92 Å². The Labute approximate surface area is 223 Å². The van der Waals surface area contributed by atoms with Crippen LogP contribution in [0.3, 0.4) is 0 Å². The Morgan fingerprint density at radius 3 is 2.76 bits per heavy atom. The van der Waals surface area contributed by atoms with Crippen LogP contribution < -0.4 is 5.63 Å². The molecule has 0 bridgehead atoms. The van der Waals surface area contributed by atoms with E-state index in [4.69, 9.17) is 20.8 Å². The van der Waals surface area contributed by atoms with Crippen LogP contribution in [0.1, 0.15) is 44.1 Å². The number of phenolic OH excluding ortho intramolecular Hbond substituents is 1. The molecule has 1 aromatic heterocycles. The number of benzene rings is 2. The summed E-state index contributed by atoms with van der Waals surface area (Å²) in [5.41, 5.74) is 2.21. The van der Waals surface area contributed by atoms with E-state index in [-0.39, 0.29) is 10.8 Å². The van der Waals surface area contributed by atoms with Gasteiger partial charge in [0.25, 0.3) is 0 Å². The maximum absolute atomic E-state index is 12.7. The Kier molecular flexibility index (Phi) is 8.50. The zero-order valence-corrected chi connectivity index (χ0v) is 22.4. The minimum absolute atomic E-state index is 0.0118. The van der Waals surface area contributed by atoms with Crippen LogP contribution in [0.25, 0.3) is 22.1 Å². The maximum Gasteiger partial charge on any atom is 0.336 e. The van der Waals surface area contributed by atoms with Gasteiger partial charge < -0.3 is 19.2 Å². The monoisotopic (exact) mass is 524 g/mol. The molecule has 6 nitrogen and oxygen atoms in total. The van der Waals surface area contributed by atoms with Gasteiger partial charge in [-0.2, -0.15) is 0 Å². The predicted octanol–water partition coefficient (Wildman–Crippen LogP) is 5.92. The number of hydrogen-bond acceptors (Lipinski definition) is 6. The number of rotatable bonds is 9. The van der Waals surface area contributed by atoms with E-state index in [1.807, 2.05) is 30.3 Å². The Bertz CT molecular complexity index is 1260. The van der Waals surface area contributed by atoms with Crippen molar-refractivity contribution in [3.8, 4) is 16.9 Å². The van der Waals surface area contributed by atoms with Crippen molar-refractivity contribution in [2.45, 2.75) is 51.1 Å². The van der Waals surface area contributed by atoms with E-state index in [1.165, 1.54) is 51.3 Å². The molecule has 1 N–H and O–H groups in total. The fraction of sp³-hybridized carbons (Fsp3) is 0.500. The number of halogens is 1. The molecular formula is C30H37ClN2O4. The third kappa shape index (κ3) is 5.88. The molecule has 5 rings (SSSR count). The fourth-order valence-corrected chi connectivity index (χ4v) is 6.56. The summed E-state index contributed by atoms with van der Waals surface area (Å²) < 4.78 is 11.1. The van der Waals surface area contributed by atoms with Crippen molar-refractivity contribution in [2.75, 3.05) is 39.9 Å². The van der Waals surface area contributed by atoms with Crippen LogP contribution in [-0.2, 0) is 11.3 Å². The van der Waals surface area contributed by atoms with Crippen LogP contribution in [0, 0.1) is 5.92 Å². The van der Waals surface area contributed by atoms with Crippen LogP contribution in [0.15, 0.2) is 51.7 Å². The van der Waals surface area contributed by atoms with Crippen molar-refractivity contribution in [3.63, 3.8) is 0 Å². The first-order valence-electron chi connectivity index (χ1n) is 13.5. The summed E-state index contributed by atoms with van der Waals surface area (Å²) in [5, 5.41) is 12.1. The molecule has 2 aliphatic rings. The molecule has 2 saturated heterocycles. The molecule has 7 heteroatoms. The molecule has 2 atom stereocenters. The molecule has 0 radical (unpaired) electrons. The van der Waals surface area contributed by atoms with E-state index in [2.05, 4.69) is 9.80 Å². The molecule has 198 valence electrons. The third-order valence-electron chi connectivity index (χ3n) is 8.07. The molecule has 0 saturated carbocycles. The second-order valence-electron chi connectivity index (χ2n) is 10.5. The minimum Gasteiger partial charge on any atom is -0.506 e. The molecule has 0 spiro atoms. The number of phenols is 1. The average Bonchev–Trinajstić information content (AvgIpc) is 2.92. The highest BCUT2D eigenvalue weighted by Gasteiger charge is 2.34. The van der Waals surface area contributed by atoms with Crippen molar-refractivity contribution < 1.29 is 14.3 Å². The van der Waals surface area contributed by atoms with Gasteiger partial charge in [0.05, 0.1) is 10.6 Å². The zero-order chi connectivity index (χ0) is 25.8. The molecule has 3 heterocycles. The summed E-state index contributed by atoms with van der Waals surface area (Å²) in [6, 6.07) is 13.6. The lowest BCUT2D eigenvalue weighted by atomic mass is 9.83. The number of methoxy groups -OCH3 is 1. The SMILES string of the molecule is COCCCN(Cc1c(O)c(Cl)cc2c(-c3ccccc3)cc(=O)oc12)C[C@@H]1CCCN2CCCC[C@H]12. The van der Waals surface area contributed by atoms with Crippen LogP contribution >= 0.6 is 11.6 Å². The number of hydrogen-bond donors (Lipinski definition) is 1. The number of fused-ring (bicyclic) bond motifs is 2.